The molecule has 164 valence electrons. The van der Waals surface area contributed by atoms with Gasteiger partial charge in [0.2, 0.25) is 0 Å². The van der Waals surface area contributed by atoms with Gasteiger partial charge in [-0.1, -0.05) is 26.8 Å². The van der Waals surface area contributed by atoms with Crippen molar-refractivity contribution in [2.24, 2.45) is 0 Å². The number of aryl methyl sites for hydroxylation is 1. The second-order valence-corrected chi connectivity index (χ2v) is 8.42. The Morgan fingerprint density at radius 1 is 1.07 bits per heavy atom. The van der Waals surface area contributed by atoms with Crippen molar-refractivity contribution < 1.29 is 4.79 Å². The molecule has 0 amide bonds. The summed E-state index contributed by atoms with van der Waals surface area (Å²) in [5.41, 5.74) is 3.37. The molecule has 1 aliphatic rings. The van der Waals surface area contributed by atoms with Crippen molar-refractivity contribution in [1.29, 1.82) is 0 Å². The van der Waals surface area contributed by atoms with E-state index in [1.807, 2.05) is 0 Å². The van der Waals surface area contributed by atoms with Crippen LogP contribution >= 0.6 is 0 Å². The number of anilines is 1. The average Bonchev–Trinajstić information content (AvgIpc) is 2.77. The van der Waals surface area contributed by atoms with Crippen molar-refractivity contribution in [3.8, 4) is 0 Å². The van der Waals surface area contributed by atoms with E-state index in [2.05, 4.69) is 66.7 Å². The highest BCUT2D eigenvalue weighted by Crippen LogP contribution is 2.25. The van der Waals surface area contributed by atoms with Gasteiger partial charge >= 0.3 is 0 Å². The molecule has 5 nitrogen and oxygen atoms in total. The van der Waals surface area contributed by atoms with Crippen molar-refractivity contribution in [3.63, 3.8) is 0 Å². The summed E-state index contributed by atoms with van der Waals surface area (Å²) < 4.78 is 0. The minimum atomic E-state index is 0.331. The summed E-state index contributed by atoms with van der Waals surface area (Å²) in [6, 6.07) is 8.54. The van der Waals surface area contributed by atoms with Gasteiger partial charge < -0.3 is 14.7 Å². The van der Waals surface area contributed by atoms with Crippen LogP contribution in [0, 0.1) is 6.92 Å². The molecule has 1 aromatic carbocycles. The van der Waals surface area contributed by atoms with E-state index in [9.17, 15) is 4.79 Å². The number of carbonyl (C=O) groups excluding carboxylic acids is 1. The Morgan fingerprint density at radius 3 is 2.47 bits per heavy atom. The fourth-order valence-corrected chi connectivity index (χ4v) is 4.34. The van der Waals surface area contributed by atoms with Gasteiger partial charge in [0.25, 0.3) is 0 Å². The molecule has 0 saturated carbocycles. The van der Waals surface area contributed by atoms with Crippen LogP contribution in [0.25, 0.3) is 10.9 Å². The first-order valence-electron chi connectivity index (χ1n) is 11.7. The number of aromatic nitrogens is 1. The van der Waals surface area contributed by atoms with Gasteiger partial charge in [-0.2, -0.15) is 0 Å². The number of rotatable bonds is 10. The van der Waals surface area contributed by atoms with Crippen molar-refractivity contribution in [2.45, 2.75) is 47.0 Å². The summed E-state index contributed by atoms with van der Waals surface area (Å²) in [5.74, 6) is 1.41. The van der Waals surface area contributed by atoms with E-state index >= 15 is 0 Å². The molecule has 1 fully saturated rings. The zero-order chi connectivity index (χ0) is 21.5. The van der Waals surface area contributed by atoms with Crippen LogP contribution in [0.3, 0.4) is 0 Å². The lowest BCUT2D eigenvalue weighted by Crippen LogP contribution is -2.46. The molecule has 0 spiro atoms. The Morgan fingerprint density at radius 2 is 1.80 bits per heavy atom. The number of piperazine rings is 1. The third-order valence-electron chi connectivity index (χ3n) is 6.44. The van der Waals surface area contributed by atoms with E-state index in [1.165, 1.54) is 10.9 Å². The number of carbonyl (C=O) groups is 1. The summed E-state index contributed by atoms with van der Waals surface area (Å²) >= 11 is 0. The first kappa shape index (κ1) is 22.7. The Bertz CT molecular complexity index is 838. The molecule has 5 heteroatoms. The molecule has 0 N–H and O–H groups in total. The molecular weight excluding hydrogens is 372 g/mol. The third-order valence-corrected chi connectivity index (χ3v) is 6.44. The molecule has 0 unspecified atom stereocenters. The van der Waals surface area contributed by atoms with Crippen LogP contribution in [0.1, 0.15) is 44.7 Å². The van der Waals surface area contributed by atoms with Crippen LogP contribution < -0.4 is 4.90 Å². The van der Waals surface area contributed by atoms with Crippen LogP contribution in [0.4, 0.5) is 5.82 Å². The number of Topliss-reactive ketones (excluding diaryl/α,β-unsaturated/α-hetero) is 1. The fourth-order valence-electron chi connectivity index (χ4n) is 4.34. The maximum atomic E-state index is 12.5. The highest BCUT2D eigenvalue weighted by Gasteiger charge is 2.18. The Kier molecular flexibility index (Phi) is 8.23. The van der Waals surface area contributed by atoms with E-state index in [-0.39, 0.29) is 0 Å². The molecule has 30 heavy (non-hydrogen) atoms. The normalized spacial score (nSPS) is 15.3. The average molecular weight is 411 g/mol. The van der Waals surface area contributed by atoms with Gasteiger partial charge in [-0.25, -0.2) is 4.98 Å². The standard InChI is InChI=1S/C25H38N4O/c1-5-27(6-2)12-8-9-22(30)18-21-10-11-24-23(19-21)20(4)17-25(26-24)29-15-13-28(7-3)14-16-29/h10-11,17,19H,5-9,12-16,18H2,1-4H3. The number of hydrogen-bond acceptors (Lipinski definition) is 5. The van der Waals surface area contributed by atoms with Crippen LogP contribution in [0.15, 0.2) is 24.3 Å². The maximum absolute atomic E-state index is 12.5. The van der Waals surface area contributed by atoms with Crippen LogP contribution in [-0.2, 0) is 11.2 Å². The molecule has 2 aromatic rings. The molecule has 0 bridgehead atoms. The Balaban J connectivity index is 1.63. The van der Waals surface area contributed by atoms with Crippen LogP contribution in [0.2, 0.25) is 0 Å². The summed E-state index contributed by atoms with van der Waals surface area (Å²) in [5, 5.41) is 1.17. The van der Waals surface area contributed by atoms with E-state index in [0.29, 0.717) is 18.6 Å². The van der Waals surface area contributed by atoms with Crippen LogP contribution in [-0.4, -0.2) is 72.9 Å². The van der Waals surface area contributed by atoms with Gasteiger partial charge in [0.05, 0.1) is 5.52 Å². The summed E-state index contributed by atoms with van der Waals surface area (Å²) in [6.45, 7) is 17.2. The zero-order valence-electron chi connectivity index (χ0n) is 19.3. The quantitative estimate of drug-likeness (QED) is 0.594. The van der Waals surface area contributed by atoms with Gasteiger partial charge in [-0.05, 0) is 68.8 Å². The number of hydrogen-bond donors (Lipinski definition) is 0. The first-order chi connectivity index (χ1) is 14.5. The minimum Gasteiger partial charge on any atom is -0.354 e. The summed E-state index contributed by atoms with van der Waals surface area (Å²) in [4.78, 5) is 24.6. The van der Waals surface area contributed by atoms with Gasteiger partial charge in [0, 0.05) is 44.4 Å². The third kappa shape index (κ3) is 5.79. The summed E-state index contributed by atoms with van der Waals surface area (Å²) in [7, 11) is 0. The monoisotopic (exact) mass is 410 g/mol. The second-order valence-electron chi connectivity index (χ2n) is 8.42. The molecule has 2 heterocycles. The Labute approximate surface area is 182 Å². The van der Waals surface area contributed by atoms with Gasteiger partial charge in [-0.15, -0.1) is 0 Å². The van der Waals surface area contributed by atoms with E-state index in [4.69, 9.17) is 4.98 Å². The largest absolute Gasteiger partial charge is 0.354 e. The molecule has 0 aliphatic carbocycles. The fraction of sp³-hybridized carbons (Fsp3) is 0.600. The lowest BCUT2D eigenvalue weighted by atomic mass is 10.0. The zero-order valence-corrected chi connectivity index (χ0v) is 19.3. The van der Waals surface area contributed by atoms with Crippen LogP contribution in [0.5, 0.6) is 0 Å². The topological polar surface area (TPSA) is 39.7 Å². The highest BCUT2D eigenvalue weighted by atomic mass is 16.1. The van der Waals surface area contributed by atoms with Gasteiger partial charge in [0.1, 0.15) is 11.6 Å². The van der Waals surface area contributed by atoms with E-state index in [1.54, 1.807) is 0 Å². The number of ketones is 1. The van der Waals surface area contributed by atoms with Gasteiger partial charge in [0.15, 0.2) is 0 Å². The maximum Gasteiger partial charge on any atom is 0.137 e. The lowest BCUT2D eigenvalue weighted by molar-refractivity contribution is -0.118. The number of pyridine rings is 1. The summed E-state index contributed by atoms with van der Waals surface area (Å²) in [6.07, 6.45) is 2.13. The van der Waals surface area contributed by atoms with Crippen molar-refractivity contribution in [3.05, 3.63) is 35.4 Å². The molecule has 1 aromatic heterocycles. The molecular formula is C25H38N4O. The van der Waals surface area contributed by atoms with Crippen molar-refractivity contribution in [1.82, 2.24) is 14.8 Å². The lowest BCUT2D eigenvalue weighted by Gasteiger charge is -2.35. The molecule has 1 aliphatic heterocycles. The Hall–Kier alpha value is -1.98. The van der Waals surface area contributed by atoms with Crippen molar-refractivity contribution >= 4 is 22.5 Å². The molecule has 3 rings (SSSR count). The van der Waals surface area contributed by atoms with E-state index < -0.39 is 0 Å². The van der Waals surface area contributed by atoms with Gasteiger partial charge in [-0.3, -0.25) is 4.79 Å². The van der Waals surface area contributed by atoms with Crippen molar-refractivity contribution in [2.75, 3.05) is 57.3 Å². The number of fused-ring (bicyclic) bond motifs is 1. The molecule has 0 atom stereocenters. The minimum absolute atomic E-state index is 0.331. The SMILES string of the molecule is CCN(CC)CCCC(=O)Cc1ccc2nc(N3CCN(CC)CC3)cc(C)c2c1. The van der Waals surface area contributed by atoms with E-state index in [0.717, 1.165) is 75.7 Å². The number of benzene rings is 1. The predicted octanol–water partition coefficient (Wildman–Crippen LogP) is 3.92. The number of nitrogens with zero attached hydrogens (tertiary/aromatic N) is 4. The smallest absolute Gasteiger partial charge is 0.137 e. The predicted molar refractivity (Wildman–Crippen MR) is 127 cm³/mol. The molecule has 0 radical (unpaired) electrons. The molecule has 1 saturated heterocycles. The first-order valence-corrected chi connectivity index (χ1v) is 11.7. The highest BCUT2D eigenvalue weighted by molar-refractivity contribution is 5.87. The number of likely N-dealkylation sites (N-methyl/N-ethyl adjacent to an activating group) is 1. The second kappa shape index (κ2) is 10.9.